The van der Waals surface area contributed by atoms with Gasteiger partial charge in [0, 0.05) is 10.6 Å². The van der Waals surface area contributed by atoms with Gasteiger partial charge in [-0.05, 0) is 35.2 Å². The van der Waals surface area contributed by atoms with Crippen LogP contribution in [-0.4, -0.2) is 7.11 Å². The van der Waals surface area contributed by atoms with Gasteiger partial charge >= 0.3 is 0 Å². The van der Waals surface area contributed by atoms with E-state index in [9.17, 15) is 0 Å². The van der Waals surface area contributed by atoms with E-state index in [1.54, 1.807) is 7.11 Å². The van der Waals surface area contributed by atoms with Gasteiger partial charge in [0.25, 0.3) is 0 Å². The molecule has 2 aromatic rings. The molecule has 1 heterocycles. The molecule has 0 aromatic heterocycles. The maximum absolute atomic E-state index is 6.01. The normalized spacial score (nSPS) is 26.7. The van der Waals surface area contributed by atoms with Crippen molar-refractivity contribution in [3.05, 3.63) is 54.1 Å². The number of hydrogen-bond donors (Lipinski definition) is 0. The van der Waals surface area contributed by atoms with E-state index < -0.39 is 8.88 Å². The molecule has 1 aliphatic heterocycles. The smallest absolute Gasteiger partial charge is 0.118 e. The van der Waals surface area contributed by atoms with E-state index in [-0.39, 0.29) is 5.41 Å². The second kappa shape index (κ2) is 6.76. The Morgan fingerprint density at radius 3 is 1.58 bits per heavy atom. The van der Waals surface area contributed by atoms with E-state index >= 15 is 0 Å². The van der Waals surface area contributed by atoms with E-state index in [0.29, 0.717) is 0 Å². The maximum atomic E-state index is 6.01. The Kier molecular flexibility index (Phi) is 5.35. The molecule has 1 nitrogen and oxygen atoms in total. The van der Waals surface area contributed by atoms with Crippen LogP contribution in [0.5, 0.6) is 5.75 Å². The summed E-state index contributed by atoms with van der Waals surface area (Å²) in [6, 6.07) is 17.1. The number of rotatable bonds is 3. The molecule has 0 amide bonds. The maximum Gasteiger partial charge on any atom is 0.118 e. The van der Waals surface area contributed by atoms with Crippen molar-refractivity contribution in [1.29, 1.82) is 0 Å². The number of ether oxygens (including phenoxy) is 1. The molecule has 0 N–H and O–H groups in total. The molecule has 1 fully saturated rings. The highest BCUT2D eigenvalue weighted by atomic mass is 33.7. The Bertz CT molecular complexity index is 824. The van der Waals surface area contributed by atoms with Crippen molar-refractivity contribution in [2.24, 2.45) is 0 Å². The van der Waals surface area contributed by atoms with Crippen molar-refractivity contribution in [1.82, 2.24) is 0 Å². The third-order valence-corrected chi connectivity index (χ3v) is 35.1. The molecule has 0 bridgehead atoms. The van der Waals surface area contributed by atoms with Crippen LogP contribution < -0.4 is 15.3 Å². The summed E-state index contributed by atoms with van der Waals surface area (Å²) in [5.74, 6) is 0.869. The lowest BCUT2D eigenvalue weighted by Crippen LogP contribution is -2.13. The van der Waals surface area contributed by atoms with Crippen molar-refractivity contribution in [3.63, 3.8) is 0 Å². The molecule has 7 heteroatoms. The van der Waals surface area contributed by atoms with Crippen LogP contribution in [0, 0.1) is 0 Å². The van der Waals surface area contributed by atoms with Gasteiger partial charge in [0.2, 0.25) is 0 Å². The van der Waals surface area contributed by atoms with Crippen molar-refractivity contribution in [2.45, 2.75) is 26.2 Å². The quantitative estimate of drug-likeness (QED) is 0.547. The summed E-state index contributed by atoms with van der Waals surface area (Å²) in [7, 11) is 1.68. The van der Waals surface area contributed by atoms with Crippen molar-refractivity contribution < 1.29 is 4.74 Å². The zero-order valence-electron chi connectivity index (χ0n) is 14.1. The number of hydrogen-bond acceptors (Lipinski definition) is 5. The van der Waals surface area contributed by atoms with Crippen molar-refractivity contribution in [2.75, 3.05) is 7.11 Å². The fourth-order valence-corrected chi connectivity index (χ4v) is 44.7. The highest BCUT2D eigenvalue weighted by Gasteiger charge is 2.45. The van der Waals surface area contributed by atoms with Crippen LogP contribution in [0.1, 0.15) is 26.3 Å². The average Bonchev–Trinajstić information content (AvgIpc) is 2.53. The first-order valence-corrected chi connectivity index (χ1v) is 17.2. The van der Waals surface area contributed by atoms with E-state index in [1.165, 1.54) is 16.2 Å². The summed E-state index contributed by atoms with van der Waals surface area (Å²) < 4.78 is 1.94. The molecular formula is C17H20OP2S4. The Balaban J connectivity index is 1.80. The number of methoxy groups -OCH3 is 1. The van der Waals surface area contributed by atoms with Crippen LogP contribution >= 0.6 is 30.9 Å². The van der Waals surface area contributed by atoms with Gasteiger partial charge in [-0.15, -0.1) is 0 Å². The predicted octanol–water partition coefficient (Wildman–Crippen LogP) is 6.04. The van der Waals surface area contributed by atoms with Gasteiger partial charge in [-0.3, -0.25) is 0 Å². The highest BCUT2D eigenvalue weighted by Crippen LogP contribution is 3.04. The summed E-state index contributed by atoms with van der Waals surface area (Å²) in [4.78, 5) is 0. The molecule has 0 saturated carbocycles. The van der Waals surface area contributed by atoms with Gasteiger partial charge < -0.3 is 4.74 Å². The molecule has 1 saturated heterocycles. The second-order valence-electron chi connectivity index (χ2n) is 6.65. The van der Waals surface area contributed by atoms with Gasteiger partial charge in [0.1, 0.15) is 5.75 Å². The fourth-order valence-electron chi connectivity index (χ4n) is 2.39. The molecule has 24 heavy (non-hydrogen) atoms. The van der Waals surface area contributed by atoms with Gasteiger partial charge in [-0.2, -0.15) is 0 Å². The third-order valence-electron chi connectivity index (χ3n) is 3.87. The van der Waals surface area contributed by atoms with Crippen LogP contribution in [0.25, 0.3) is 0 Å². The molecule has 128 valence electrons. The zero-order chi connectivity index (χ0) is 17.6. The summed E-state index contributed by atoms with van der Waals surface area (Å²) in [5, 5.41) is 2.52. The Labute approximate surface area is 162 Å². The van der Waals surface area contributed by atoms with E-state index in [0.717, 1.165) is 5.75 Å². The van der Waals surface area contributed by atoms with Crippen LogP contribution in [0.4, 0.5) is 0 Å². The third kappa shape index (κ3) is 3.68. The molecule has 3 rings (SSSR count). The Morgan fingerprint density at radius 1 is 0.792 bits per heavy atom. The molecule has 0 radical (unpaired) electrons. The minimum absolute atomic E-state index is 0.170. The topological polar surface area (TPSA) is 9.23 Å². The van der Waals surface area contributed by atoms with Crippen LogP contribution in [0.2, 0.25) is 0 Å². The first-order valence-electron chi connectivity index (χ1n) is 7.55. The lowest BCUT2D eigenvalue weighted by molar-refractivity contribution is 0.415. The lowest BCUT2D eigenvalue weighted by Gasteiger charge is -2.40. The first-order chi connectivity index (χ1) is 11.2. The molecular weight excluding hydrogens is 410 g/mol. The molecule has 0 atom stereocenters. The second-order valence-corrected chi connectivity index (χ2v) is 27.9. The monoisotopic (exact) mass is 430 g/mol. The van der Waals surface area contributed by atoms with Crippen molar-refractivity contribution >= 4 is 65.1 Å². The minimum Gasteiger partial charge on any atom is -0.497 e. The first kappa shape index (κ1) is 19.0. The van der Waals surface area contributed by atoms with E-state index in [1.807, 2.05) is 34.1 Å². The van der Waals surface area contributed by atoms with E-state index in [2.05, 4.69) is 57.2 Å². The van der Waals surface area contributed by atoms with Crippen LogP contribution in [0.15, 0.2) is 48.5 Å². The minimum atomic E-state index is -1.65. The molecule has 0 spiro atoms. The van der Waals surface area contributed by atoms with Crippen molar-refractivity contribution in [3.8, 4) is 5.75 Å². The largest absolute Gasteiger partial charge is 0.497 e. The summed E-state index contributed by atoms with van der Waals surface area (Å²) in [6.07, 6.45) is 0. The van der Waals surface area contributed by atoms with Crippen LogP contribution in [-0.2, 0) is 29.0 Å². The Hall–Kier alpha value is 0.240. The van der Waals surface area contributed by atoms with Gasteiger partial charge in [-0.25, -0.2) is 0 Å². The molecule has 1 aliphatic rings. The van der Waals surface area contributed by atoms with Gasteiger partial charge in [-0.1, -0.05) is 90.7 Å². The lowest BCUT2D eigenvalue weighted by atomic mass is 9.87. The summed E-state index contributed by atoms with van der Waals surface area (Å²) in [5.41, 5.74) is 1.52. The standard InChI is InChI=1S/C17H20OP2S4/c1-17(2,3)13-5-9-15(10-6-13)19(21)23-20(22,24-19)16-11-7-14(18-4)8-12-16/h5-12H,1-4H3. The SMILES string of the molecule is COc1ccc(P2(=S)SP(=S)(c3ccc(C(C)(C)C)cc3)S2)cc1. The van der Waals surface area contributed by atoms with Gasteiger partial charge in [0.15, 0.2) is 0 Å². The van der Waals surface area contributed by atoms with Gasteiger partial charge in [0.05, 0.1) is 16.0 Å². The van der Waals surface area contributed by atoms with E-state index in [4.69, 9.17) is 28.4 Å². The summed E-state index contributed by atoms with van der Waals surface area (Å²) >= 11 is 15.7. The Morgan fingerprint density at radius 2 is 1.21 bits per heavy atom. The van der Waals surface area contributed by atoms with Crippen LogP contribution in [0.3, 0.4) is 0 Å². The average molecular weight is 431 g/mol. The molecule has 0 unspecified atom stereocenters. The predicted molar refractivity (Wildman–Crippen MR) is 121 cm³/mol. The fraction of sp³-hybridized carbons (Fsp3) is 0.294. The highest BCUT2D eigenvalue weighted by molar-refractivity contribution is 9.48. The summed E-state index contributed by atoms with van der Waals surface area (Å²) in [6.45, 7) is 6.70. The zero-order valence-corrected chi connectivity index (χ0v) is 19.1. The molecule has 2 aromatic carbocycles. The molecule has 0 aliphatic carbocycles. The number of benzene rings is 2.